The van der Waals surface area contributed by atoms with E-state index in [1.54, 1.807) is 24.4 Å². The van der Waals surface area contributed by atoms with Gasteiger partial charge in [-0.05, 0) is 60.9 Å². The van der Waals surface area contributed by atoms with Crippen molar-refractivity contribution in [3.63, 3.8) is 0 Å². The van der Waals surface area contributed by atoms with Crippen LogP contribution in [0.5, 0.6) is 5.75 Å². The summed E-state index contributed by atoms with van der Waals surface area (Å²) in [4.78, 5) is 15.8. The summed E-state index contributed by atoms with van der Waals surface area (Å²) in [6, 6.07) is 10.6. The Bertz CT molecular complexity index is 682. The summed E-state index contributed by atoms with van der Waals surface area (Å²) in [5, 5.41) is 9.74. The summed E-state index contributed by atoms with van der Waals surface area (Å²) in [6.07, 6.45) is 1.70. The van der Waals surface area contributed by atoms with Crippen LogP contribution in [0.25, 0.3) is 0 Å². The molecule has 0 aliphatic carbocycles. The number of aliphatic imine (C=N–C) groups is 1. The normalized spacial score (nSPS) is 10.8. The van der Waals surface area contributed by atoms with E-state index in [1.165, 1.54) is 7.11 Å². The largest absolute Gasteiger partial charge is 0.507 e. The fraction of sp³-hybridized carbons (Fsp3) is 0.176. The van der Waals surface area contributed by atoms with Crippen LogP contribution >= 0.6 is 0 Å². The summed E-state index contributed by atoms with van der Waals surface area (Å²) in [6.45, 7) is 3.69. The molecular formula is C17H17NO3. The van der Waals surface area contributed by atoms with E-state index in [0.29, 0.717) is 17.0 Å². The lowest BCUT2D eigenvalue weighted by Crippen LogP contribution is -2.00. The van der Waals surface area contributed by atoms with Crippen LogP contribution in [0.4, 0.5) is 5.69 Å². The van der Waals surface area contributed by atoms with Crippen LogP contribution in [0.15, 0.2) is 41.4 Å². The van der Waals surface area contributed by atoms with Crippen molar-refractivity contribution in [2.24, 2.45) is 4.99 Å². The number of carbonyl (C=O) groups excluding carboxylic acids is 1. The van der Waals surface area contributed by atoms with Crippen molar-refractivity contribution in [1.82, 2.24) is 0 Å². The standard InChI is InChI=1S/C17H17NO3/c1-11-7-13(8-12(2)16(11)19)10-18-15-6-4-5-14(9-15)17(20)21-3/h4-10,19H,1-3H3. The molecule has 4 heteroatoms. The molecule has 0 heterocycles. The molecule has 21 heavy (non-hydrogen) atoms. The number of aryl methyl sites for hydroxylation is 2. The molecule has 0 spiro atoms. The second-order valence-corrected chi connectivity index (χ2v) is 4.80. The first-order valence-electron chi connectivity index (χ1n) is 6.54. The Hall–Kier alpha value is -2.62. The smallest absolute Gasteiger partial charge is 0.337 e. The molecule has 0 radical (unpaired) electrons. The second kappa shape index (κ2) is 6.22. The lowest BCUT2D eigenvalue weighted by molar-refractivity contribution is 0.0601. The van der Waals surface area contributed by atoms with Crippen LogP contribution in [0.3, 0.4) is 0 Å². The molecule has 0 bridgehead atoms. The molecule has 2 rings (SSSR count). The van der Waals surface area contributed by atoms with Gasteiger partial charge >= 0.3 is 5.97 Å². The zero-order chi connectivity index (χ0) is 15.4. The predicted octanol–water partition coefficient (Wildman–Crippen LogP) is 3.55. The number of aromatic hydroxyl groups is 1. The predicted molar refractivity (Wildman–Crippen MR) is 82.6 cm³/mol. The Labute approximate surface area is 123 Å². The third-order valence-corrected chi connectivity index (χ3v) is 3.14. The van der Waals surface area contributed by atoms with Gasteiger partial charge in [0.05, 0.1) is 18.4 Å². The molecule has 0 saturated heterocycles. The summed E-state index contributed by atoms with van der Waals surface area (Å²) in [5.74, 6) is -0.0804. The maximum absolute atomic E-state index is 11.5. The molecule has 0 aliphatic rings. The van der Waals surface area contributed by atoms with E-state index in [9.17, 15) is 9.90 Å². The molecule has 0 amide bonds. The Morgan fingerprint density at radius 1 is 1.19 bits per heavy atom. The van der Waals surface area contributed by atoms with E-state index in [0.717, 1.165) is 16.7 Å². The van der Waals surface area contributed by atoms with Crippen LogP contribution < -0.4 is 0 Å². The average Bonchev–Trinajstić information content (AvgIpc) is 2.50. The van der Waals surface area contributed by atoms with E-state index in [-0.39, 0.29) is 5.97 Å². The van der Waals surface area contributed by atoms with Crippen LogP contribution in [0.1, 0.15) is 27.0 Å². The van der Waals surface area contributed by atoms with Gasteiger partial charge in [-0.2, -0.15) is 0 Å². The molecule has 0 saturated carbocycles. The number of carbonyl (C=O) groups is 1. The minimum Gasteiger partial charge on any atom is -0.507 e. The number of ether oxygens (including phenoxy) is 1. The van der Waals surface area contributed by atoms with Crippen LogP contribution in [-0.4, -0.2) is 24.4 Å². The first kappa shape index (κ1) is 14.8. The number of benzene rings is 2. The van der Waals surface area contributed by atoms with E-state index in [2.05, 4.69) is 9.73 Å². The van der Waals surface area contributed by atoms with Gasteiger partial charge in [-0.25, -0.2) is 4.79 Å². The number of rotatable bonds is 3. The Kier molecular flexibility index (Phi) is 4.38. The first-order valence-corrected chi connectivity index (χ1v) is 6.54. The molecule has 2 aromatic rings. The maximum Gasteiger partial charge on any atom is 0.337 e. The van der Waals surface area contributed by atoms with Gasteiger partial charge in [0.1, 0.15) is 5.75 Å². The highest BCUT2D eigenvalue weighted by molar-refractivity contribution is 5.91. The molecule has 0 aliphatic heterocycles. The highest BCUT2D eigenvalue weighted by Gasteiger charge is 2.05. The van der Waals surface area contributed by atoms with Gasteiger partial charge < -0.3 is 9.84 Å². The third kappa shape index (κ3) is 3.48. The molecule has 0 fully saturated rings. The fourth-order valence-electron chi connectivity index (χ4n) is 2.04. The molecule has 1 N–H and O–H groups in total. The van der Waals surface area contributed by atoms with Crippen molar-refractivity contribution in [2.75, 3.05) is 7.11 Å². The molecule has 0 aromatic heterocycles. The molecule has 0 unspecified atom stereocenters. The zero-order valence-corrected chi connectivity index (χ0v) is 12.3. The number of methoxy groups -OCH3 is 1. The van der Waals surface area contributed by atoms with Gasteiger partial charge in [0.25, 0.3) is 0 Å². The lowest BCUT2D eigenvalue weighted by atomic mass is 10.1. The highest BCUT2D eigenvalue weighted by atomic mass is 16.5. The highest BCUT2D eigenvalue weighted by Crippen LogP contribution is 2.22. The molecule has 0 atom stereocenters. The first-order chi connectivity index (χ1) is 10.0. The summed E-state index contributed by atoms with van der Waals surface area (Å²) in [7, 11) is 1.35. The van der Waals surface area contributed by atoms with Crippen molar-refractivity contribution in [3.05, 3.63) is 58.7 Å². The van der Waals surface area contributed by atoms with Crippen molar-refractivity contribution in [3.8, 4) is 5.75 Å². The van der Waals surface area contributed by atoms with Crippen molar-refractivity contribution < 1.29 is 14.6 Å². The van der Waals surface area contributed by atoms with Gasteiger partial charge in [-0.3, -0.25) is 4.99 Å². The maximum atomic E-state index is 11.5. The summed E-state index contributed by atoms with van der Waals surface area (Å²) in [5.41, 5.74) is 3.64. The second-order valence-electron chi connectivity index (χ2n) is 4.80. The van der Waals surface area contributed by atoms with Gasteiger partial charge in [-0.1, -0.05) is 6.07 Å². The van der Waals surface area contributed by atoms with E-state index < -0.39 is 0 Å². The molecule has 108 valence electrons. The van der Waals surface area contributed by atoms with Crippen molar-refractivity contribution in [1.29, 1.82) is 0 Å². The van der Waals surface area contributed by atoms with E-state index >= 15 is 0 Å². The monoisotopic (exact) mass is 283 g/mol. The van der Waals surface area contributed by atoms with Gasteiger partial charge in [-0.15, -0.1) is 0 Å². The number of phenols is 1. The molecule has 4 nitrogen and oxygen atoms in total. The Balaban J connectivity index is 2.27. The average molecular weight is 283 g/mol. The van der Waals surface area contributed by atoms with Gasteiger partial charge in [0.15, 0.2) is 0 Å². The van der Waals surface area contributed by atoms with Crippen LogP contribution in [0.2, 0.25) is 0 Å². The van der Waals surface area contributed by atoms with Crippen molar-refractivity contribution in [2.45, 2.75) is 13.8 Å². The zero-order valence-electron chi connectivity index (χ0n) is 12.3. The SMILES string of the molecule is COC(=O)c1cccc(N=Cc2cc(C)c(O)c(C)c2)c1. The quantitative estimate of drug-likeness (QED) is 0.692. The number of nitrogens with zero attached hydrogens (tertiary/aromatic N) is 1. The van der Waals surface area contributed by atoms with E-state index in [1.807, 2.05) is 32.0 Å². The van der Waals surface area contributed by atoms with Crippen LogP contribution in [0, 0.1) is 13.8 Å². The van der Waals surface area contributed by atoms with Crippen LogP contribution in [-0.2, 0) is 4.74 Å². The third-order valence-electron chi connectivity index (χ3n) is 3.14. The number of hydrogen-bond donors (Lipinski definition) is 1. The van der Waals surface area contributed by atoms with Gasteiger partial charge in [0, 0.05) is 6.21 Å². The molecular weight excluding hydrogens is 266 g/mol. The number of esters is 1. The minimum atomic E-state index is -0.386. The Morgan fingerprint density at radius 2 is 1.86 bits per heavy atom. The van der Waals surface area contributed by atoms with Crippen molar-refractivity contribution >= 4 is 17.9 Å². The number of hydrogen-bond acceptors (Lipinski definition) is 4. The summed E-state index contributed by atoms with van der Waals surface area (Å²) >= 11 is 0. The topological polar surface area (TPSA) is 58.9 Å². The number of phenolic OH excluding ortho intramolecular Hbond substituents is 1. The minimum absolute atomic E-state index is 0.305. The van der Waals surface area contributed by atoms with E-state index in [4.69, 9.17) is 0 Å². The molecule has 2 aromatic carbocycles. The summed E-state index contributed by atoms with van der Waals surface area (Å²) < 4.78 is 4.68. The Morgan fingerprint density at radius 3 is 2.48 bits per heavy atom. The fourth-order valence-corrected chi connectivity index (χ4v) is 2.04. The lowest BCUT2D eigenvalue weighted by Gasteiger charge is -2.04. The van der Waals surface area contributed by atoms with Gasteiger partial charge in [0.2, 0.25) is 0 Å².